The van der Waals surface area contributed by atoms with Crippen LogP contribution in [0.25, 0.3) is 0 Å². The summed E-state index contributed by atoms with van der Waals surface area (Å²) >= 11 is 0. The van der Waals surface area contributed by atoms with Crippen molar-refractivity contribution in [3.05, 3.63) is 35.4 Å². The van der Waals surface area contributed by atoms with Crippen LogP contribution in [0.3, 0.4) is 0 Å². The number of aryl methyl sites for hydroxylation is 1. The number of fused-ring (bicyclic) bond motifs is 1. The largest absolute Gasteiger partial charge is 0.377 e. The summed E-state index contributed by atoms with van der Waals surface area (Å²) in [6.07, 6.45) is 1.75. The molecule has 3 rings (SSSR count). The highest BCUT2D eigenvalue weighted by molar-refractivity contribution is 5.76. The number of hydrogen-bond donors (Lipinski definition) is 1. The van der Waals surface area contributed by atoms with Crippen molar-refractivity contribution in [1.29, 1.82) is 0 Å². The quantitative estimate of drug-likeness (QED) is 0.902. The molecule has 1 aromatic carbocycles. The molecule has 24 heavy (non-hydrogen) atoms. The zero-order chi connectivity index (χ0) is 17.1. The Labute approximate surface area is 145 Å². The SMILES string of the molecule is Cc1cccc(CN2CC[C@@H]3[C@@H](CO[C@H]3CC(=O)NC(C)C)C2)c1. The van der Waals surface area contributed by atoms with Crippen molar-refractivity contribution in [2.45, 2.75) is 52.3 Å². The molecule has 3 atom stereocenters. The van der Waals surface area contributed by atoms with Gasteiger partial charge in [-0.2, -0.15) is 0 Å². The van der Waals surface area contributed by atoms with Crippen LogP contribution in [0.15, 0.2) is 24.3 Å². The Morgan fingerprint density at radius 1 is 1.42 bits per heavy atom. The standard InChI is InChI=1S/C20H30N2O2/c1-14(2)21-20(23)10-19-18-7-8-22(12-17(18)13-24-19)11-16-6-4-5-15(3)9-16/h4-6,9,14,17-19H,7-8,10-13H2,1-3H3,(H,21,23)/t17-,18-,19+/m1/s1. The molecule has 2 saturated heterocycles. The molecule has 0 saturated carbocycles. The highest BCUT2D eigenvalue weighted by Crippen LogP contribution is 2.36. The third-order valence-electron chi connectivity index (χ3n) is 5.20. The zero-order valence-electron chi connectivity index (χ0n) is 15.1. The molecule has 0 aromatic heterocycles. The van der Waals surface area contributed by atoms with Gasteiger partial charge in [0.2, 0.25) is 5.91 Å². The third-order valence-corrected chi connectivity index (χ3v) is 5.20. The van der Waals surface area contributed by atoms with E-state index in [0.717, 1.165) is 32.7 Å². The first-order chi connectivity index (χ1) is 11.5. The summed E-state index contributed by atoms with van der Waals surface area (Å²) in [7, 11) is 0. The van der Waals surface area contributed by atoms with Gasteiger partial charge in [0.05, 0.1) is 19.1 Å². The van der Waals surface area contributed by atoms with Crippen molar-refractivity contribution < 1.29 is 9.53 Å². The average molecular weight is 330 g/mol. The van der Waals surface area contributed by atoms with E-state index in [4.69, 9.17) is 4.74 Å². The van der Waals surface area contributed by atoms with E-state index in [2.05, 4.69) is 41.4 Å². The minimum Gasteiger partial charge on any atom is -0.377 e. The topological polar surface area (TPSA) is 41.6 Å². The van der Waals surface area contributed by atoms with Crippen molar-refractivity contribution in [3.8, 4) is 0 Å². The predicted molar refractivity (Wildman–Crippen MR) is 95.7 cm³/mol. The number of carbonyl (C=O) groups is 1. The van der Waals surface area contributed by atoms with Gasteiger partial charge in [-0.25, -0.2) is 0 Å². The number of carbonyl (C=O) groups excluding carboxylic acids is 1. The van der Waals surface area contributed by atoms with Gasteiger partial charge in [0.15, 0.2) is 0 Å². The molecule has 2 heterocycles. The molecule has 2 fully saturated rings. The monoisotopic (exact) mass is 330 g/mol. The lowest BCUT2D eigenvalue weighted by atomic mass is 9.83. The lowest BCUT2D eigenvalue weighted by Crippen LogP contribution is -2.42. The number of likely N-dealkylation sites (tertiary alicyclic amines) is 1. The molecular weight excluding hydrogens is 300 g/mol. The number of ether oxygens (including phenoxy) is 1. The smallest absolute Gasteiger partial charge is 0.222 e. The molecular formula is C20H30N2O2. The number of nitrogens with zero attached hydrogens (tertiary/aromatic N) is 1. The van der Waals surface area contributed by atoms with E-state index < -0.39 is 0 Å². The highest BCUT2D eigenvalue weighted by atomic mass is 16.5. The van der Waals surface area contributed by atoms with Gasteiger partial charge in [0, 0.05) is 25.0 Å². The Morgan fingerprint density at radius 3 is 3.00 bits per heavy atom. The summed E-state index contributed by atoms with van der Waals surface area (Å²) < 4.78 is 5.98. The summed E-state index contributed by atoms with van der Waals surface area (Å²) in [5.41, 5.74) is 2.71. The second-order valence-electron chi connectivity index (χ2n) is 7.73. The molecule has 0 aliphatic carbocycles. The first-order valence-corrected chi connectivity index (χ1v) is 9.20. The van der Waals surface area contributed by atoms with E-state index in [1.165, 1.54) is 11.1 Å². The zero-order valence-corrected chi connectivity index (χ0v) is 15.1. The molecule has 1 aromatic rings. The molecule has 1 amide bonds. The van der Waals surface area contributed by atoms with Crippen LogP contribution in [-0.4, -0.2) is 42.6 Å². The van der Waals surface area contributed by atoms with Crippen LogP contribution in [0, 0.1) is 18.8 Å². The minimum absolute atomic E-state index is 0.106. The summed E-state index contributed by atoms with van der Waals surface area (Å²) in [5, 5.41) is 2.98. The van der Waals surface area contributed by atoms with Gasteiger partial charge in [-0.1, -0.05) is 29.8 Å². The van der Waals surface area contributed by atoms with E-state index >= 15 is 0 Å². The van der Waals surface area contributed by atoms with Crippen LogP contribution in [0.2, 0.25) is 0 Å². The highest BCUT2D eigenvalue weighted by Gasteiger charge is 2.41. The first kappa shape index (κ1) is 17.4. The summed E-state index contributed by atoms with van der Waals surface area (Å²) in [5.74, 6) is 1.23. The number of rotatable bonds is 5. The fraction of sp³-hybridized carbons (Fsp3) is 0.650. The van der Waals surface area contributed by atoms with Crippen LogP contribution in [-0.2, 0) is 16.1 Å². The van der Waals surface area contributed by atoms with E-state index in [-0.39, 0.29) is 18.1 Å². The fourth-order valence-electron chi connectivity index (χ4n) is 4.15. The van der Waals surface area contributed by atoms with Gasteiger partial charge in [-0.3, -0.25) is 9.69 Å². The number of amides is 1. The lowest BCUT2D eigenvalue weighted by molar-refractivity contribution is -0.124. The molecule has 4 heteroatoms. The van der Waals surface area contributed by atoms with Crippen LogP contribution in [0.5, 0.6) is 0 Å². The number of nitrogens with one attached hydrogen (secondary N) is 1. The van der Waals surface area contributed by atoms with Crippen LogP contribution < -0.4 is 5.32 Å². The molecule has 132 valence electrons. The molecule has 0 radical (unpaired) electrons. The van der Waals surface area contributed by atoms with Gasteiger partial charge < -0.3 is 10.1 Å². The second-order valence-corrected chi connectivity index (χ2v) is 7.73. The van der Waals surface area contributed by atoms with Crippen LogP contribution >= 0.6 is 0 Å². The Balaban J connectivity index is 1.52. The average Bonchev–Trinajstić information content (AvgIpc) is 2.89. The molecule has 0 unspecified atom stereocenters. The molecule has 2 aliphatic rings. The Kier molecular flexibility index (Phi) is 5.57. The van der Waals surface area contributed by atoms with E-state index in [9.17, 15) is 4.79 Å². The summed E-state index contributed by atoms with van der Waals surface area (Å²) in [4.78, 5) is 14.6. The van der Waals surface area contributed by atoms with Gasteiger partial charge in [0.25, 0.3) is 0 Å². The maximum atomic E-state index is 12.0. The van der Waals surface area contributed by atoms with Crippen LogP contribution in [0.4, 0.5) is 0 Å². The van der Waals surface area contributed by atoms with Gasteiger partial charge in [-0.15, -0.1) is 0 Å². The van der Waals surface area contributed by atoms with E-state index in [1.807, 2.05) is 13.8 Å². The Morgan fingerprint density at radius 2 is 2.25 bits per heavy atom. The fourth-order valence-corrected chi connectivity index (χ4v) is 4.15. The third kappa shape index (κ3) is 4.37. The maximum Gasteiger partial charge on any atom is 0.222 e. The molecule has 4 nitrogen and oxygen atoms in total. The predicted octanol–water partition coefficient (Wildman–Crippen LogP) is 2.75. The number of piperidine rings is 1. The van der Waals surface area contributed by atoms with E-state index in [1.54, 1.807) is 0 Å². The molecule has 0 bridgehead atoms. The number of benzene rings is 1. The summed E-state index contributed by atoms with van der Waals surface area (Å²) in [6.45, 7) is 10.1. The number of hydrogen-bond acceptors (Lipinski definition) is 3. The molecule has 1 N–H and O–H groups in total. The Hall–Kier alpha value is -1.39. The van der Waals surface area contributed by atoms with Crippen molar-refractivity contribution in [1.82, 2.24) is 10.2 Å². The molecule has 2 aliphatic heterocycles. The summed E-state index contributed by atoms with van der Waals surface area (Å²) in [6, 6.07) is 8.97. The van der Waals surface area contributed by atoms with E-state index in [0.29, 0.717) is 18.3 Å². The van der Waals surface area contributed by atoms with Crippen molar-refractivity contribution in [2.24, 2.45) is 11.8 Å². The van der Waals surface area contributed by atoms with Gasteiger partial charge in [-0.05, 0) is 45.2 Å². The molecule has 0 spiro atoms. The van der Waals surface area contributed by atoms with Gasteiger partial charge in [0.1, 0.15) is 0 Å². The second kappa shape index (κ2) is 7.66. The Bertz CT molecular complexity index is 573. The normalized spacial score (nSPS) is 27.2. The van der Waals surface area contributed by atoms with Crippen molar-refractivity contribution in [3.63, 3.8) is 0 Å². The van der Waals surface area contributed by atoms with Crippen molar-refractivity contribution >= 4 is 5.91 Å². The van der Waals surface area contributed by atoms with Gasteiger partial charge >= 0.3 is 0 Å². The lowest BCUT2D eigenvalue weighted by Gasteiger charge is -2.35. The minimum atomic E-state index is 0.106. The van der Waals surface area contributed by atoms with Crippen LogP contribution in [0.1, 0.15) is 37.8 Å². The maximum absolute atomic E-state index is 12.0. The first-order valence-electron chi connectivity index (χ1n) is 9.20. The van der Waals surface area contributed by atoms with Crippen molar-refractivity contribution in [2.75, 3.05) is 19.7 Å².